The number of carbonyl (C=O) groups is 8. The zero-order chi connectivity index (χ0) is 66.1. The minimum absolute atomic E-state index is 0.0193. The second-order valence-corrected chi connectivity index (χ2v) is 28.7. The van der Waals surface area contributed by atoms with Gasteiger partial charge in [-0.1, -0.05) is 59.9 Å². The normalized spacial score (nSPS) is 12.4. The zero-order valence-corrected chi connectivity index (χ0v) is 56.3. The third kappa shape index (κ3) is 70.9. The van der Waals surface area contributed by atoms with Gasteiger partial charge in [0.2, 0.25) is 0 Å². The molecular weight excluding hydrogens is 1160 g/mol. The summed E-state index contributed by atoms with van der Waals surface area (Å²) in [4.78, 5) is 88.5. The number of primary amides is 1. The molecular formula is C54H100Cl3N7O17S. The van der Waals surface area contributed by atoms with Gasteiger partial charge < -0.3 is 59.7 Å². The number of nitrogens with zero attached hydrogens (tertiary/aromatic N) is 1. The molecule has 1 aromatic carbocycles. The molecule has 28 heteroatoms. The highest BCUT2D eigenvalue weighted by atomic mass is 35.6. The summed E-state index contributed by atoms with van der Waals surface area (Å²) < 4.78 is 57.2. The highest BCUT2D eigenvalue weighted by molar-refractivity contribution is 7.90. The van der Waals surface area contributed by atoms with Crippen LogP contribution in [-0.2, 0) is 52.8 Å². The van der Waals surface area contributed by atoms with Crippen molar-refractivity contribution in [3.05, 3.63) is 30.3 Å². The molecule has 82 heavy (non-hydrogen) atoms. The molecule has 1 saturated carbocycles. The molecule has 0 saturated heterocycles. The summed E-state index contributed by atoms with van der Waals surface area (Å²) in [5.74, 6) is -1.27. The number of carbonyl (C=O) groups excluding carboxylic acids is 8. The largest absolute Gasteiger partial charge is 0.460 e. The Balaban J connectivity index is -0.000000285. The number of alkyl carbamates (subject to hydrolysis) is 4. The summed E-state index contributed by atoms with van der Waals surface area (Å²) in [6, 6.07) is 8.00. The van der Waals surface area contributed by atoms with Gasteiger partial charge in [-0.3, -0.25) is 14.9 Å². The van der Waals surface area contributed by atoms with E-state index in [0.717, 1.165) is 25.8 Å². The van der Waals surface area contributed by atoms with Crippen LogP contribution < -0.4 is 31.7 Å². The first kappa shape index (κ1) is 85.6. The molecule has 7 N–H and O–H groups in total. The van der Waals surface area contributed by atoms with Crippen LogP contribution in [0.4, 0.5) is 28.8 Å². The average molecular weight is 1260 g/mol. The minimum Gasteiger partial charge on any atom is -0.460 e. The van der Waals surface area contributed by atoms with Gasteiger partial charge in [0.25, 0.3) is 19.7 Å². The fourth-order valence-electron chi connectivity index (χ4n) is 4.21. The van der Waals surface area contributed by atoms with E-state index in [-0.39, 0.29) is 40.3 Å². The van der Waals surface area contributed by atoms with Crippen molar-refractivity contribution >= 4 is 93.3 Å². The number of nitrogens with two attached hydrogens (primary N) is 1. The lowest BCUT2D eigenvalue weighted by Gasteiger charge is -2.20. The number of likely N-dealkylation sites (N-methyl/N-ethyl adjacent to an activating group) is 1. The molecule has 0 bridgehead atoms. The van der Waals surface area contributed by atoms with Crippen LogP contribution in [0.5, 0.6) is 0 Å². The third-order valence-corrected chi connectivity index (χ3v) is 8.69. The van der Waals surface area contributed by atoms with Crippen LogP contribution >= 0.6 is 34.8 Å². The number of hydrogen-bond donors (Lipinski definition) is 6. The molecule has 0 unspecified atom stereocenters. The summed E-state index contributed by atoms with van der Waals surface area (Å²) in [7, 11) is 0.0538. The number of amides is 7. The summed E-state index contributed by atoms with van der Waals surface area (Å²) in [5, 5.41) is 9.83. The predicted molar refractivity (Wildman–Crippen MR) is 319 cm³/mol. The van der Waals surface area contributed by atoms with E-state index in [1.807, 2.05) is 114 Å². The lowest BCUT2D eigenvalue weighted by Crippen LogP contribution is -2.41. The van der Waals surface area contributed by atoms with Crippen molar-refractivity contribution in [1.82, 2.24) is 30.9 Å². The number of ether oxygens (including phenoxy) is 7. The van der Waals surface area contributed by atoms with E-state index in [1.54, 1.807) is 85.8 Å². The van der Waals surface area contributed by atoms with E-state index < -0.39 is 66.0 Å². The van der Waals surface area contributed by atoms with E-state index in [9.17, 15) is 46.8 Å². The van der Waals surface area contributed by atoms with Crippen molar-refractivity contribution in [3.8, 4) is 0 Å². The van der Waals surface area contributed by atoms with Crippen LogP contribution in [0, 0.1) is 0 Å². The van der Waals surface area contributed by atoms with E-state index in [4.69, 9.17) is 69.0 Å². The van der Waals surface area contributed by atoms with Crippen LogP contribution in [0.1, 0.15) is 179 Å². The average Bonchev–Trinajstić information content (AvgIpc) is 3.99. The van der Waals surface area contributed by atoms with Gasteiger partial charge in [0, 0.05) is 32.6 Å². The van der Waals surface area contributed by atoms with Crippen molar-refractivity contribution < 1.29 is 79.9 Å². The maximum absolute atomic E-state index is 11.7. The fraction of sp³-hybridized carbons (Fsp3) is 0.741. The molecule has 2 rings (SSSR count). The number of nitrogens with one attached hydrogen (secondary N) is 5. The molecule has 1 aliphatic rings. The summed E-state index contributed by atoms with van der Waals surface area (Å²) in [6.45, 7) is 42.9. The maximum atomic E-state index is 11.7. The Kier molecular flexibility index (Phi) is 40.3. The van der Waals surface area contributed by atoms with Gasteiger partial charge in [0.1, 0.15) is 39.2 Å². The molecule has 0 aliphatic heterocycles. The Morgan fingerprint density at radius 2 is 0.878 bits per heavy atom. The minimum atomic E-state index is -3.86. The van der Waals surface area contributed by atoms with E-state index in [0.29, 0.717) is 19.1 Å². The predicted octanol–water partition coefficient (Wildman–Crippen LogP) is 11.2. The fourth-order valence-corrected chi connectivity index (χ4v) is 5.24. The number of sulfonamides is 1. The molecule has 1 aliphatic carbocycles. The van der Waals surface area contributed by atoms with Gasteiger partial charge in [0.05, 0.1) is 4.90 Å². The molecule has 0 aromatic heterocycles. The molecule has 24 nitrogen and oxygen atoms in total. The second kappa shape index (κ2) is 38.6. The number of rotatable bonds is 8. The van der Waals surface area contributed by atoms with Gasteiger partial charge in [-0.25, -0.2) is 41.9 Å². The first-order valence-electron chi connectivity index (χ1n) is 26.0. The van der Waals surface area contributed by atoms with Gasteiger partial charge in [-0.2, -0.15) is 0 Å². The first-order chi connectivity index (χ1) is 36.3. The smallest absolute Gasteiger partial charge is 0.421 e. The number of hydrogen-bond acceptors (Lipinski definition) is 18. The monoisotopic (exact) mass is 1260 g/mol. The van der Waals surface area contributed by atoms with E-state index >= 15 is 0 Å². The second-order valence-electron chi connectivity index (χ2n) is 24.7. The van der Waals surface area contributed by atoms with Crippen molar-refractivity contribution in [2.45, 2.75) is 232 Å². The van der Waals surface area contributed by atoms with Gasteiger partial charge in [0.15, 0.2) is 0 Å². The summed E-state index contributed by atoms with van der Waals surface area (Å²) >= 11 is 15.6. The number of esters is 1. The lowest BCUT2D eigenvalue weighted by molar-refractivity contribution is -0.151. The SMILES string of the molecule is CC(=O)OC(C)(C)C.CC(C)(C)OC(=O)NC(=O)C(Cl)(Cl)Cl.CC(C)(C)OC(=O)NC1CC1.CC(C)(C)OC(=O)NS(=O)(=O)c1ccccc1.CC(C)(C)OC(N)=O.CCCNC(=O)OC(C)(C)C.CN(C)CCNC(=O)OC(C)(C)C. The molecule has 0 spiro atoms. The molecule has 1 aromatic rings. The highest BCUT2D eigenvalue weighted by Crippen LogP contribution is 2.26. The zero-order valence-electron chi connectivity index (χ0n) is 53.2. The number of halogens is 3. The lowest BCUT2D eigenvalue weighted by atomic mass is 10.2. The molecule has 480 valence electrons. The Labute approximate surface area is 504 Å². The number of alkyl halides is 3. The van der Waals surface area contributed by atoms with Crippen LogP contribution in [0.3, 0.4) is 0 Å². The highest BCUT2D eigenvalue weighted by Gasteiger charge is 2.33. The number of benzene rings is 1. The Morgan fingerprint density at radius 1 is 0.537 bits per heavy atom. The quantitative estimate of drug-likeness (QED) is 0.0800. The topological polar surface area (TPSA) is 325 Å². The Hall–Kier alpha value is -5.24. The van der Waals surface area contributed by atoms with Gasteiger partial charge in [-0.15, -0.1) is 0 Å². The van der Waals surface area contributed by atoms with Gasteiger partial charge in [-0.05, 0) is 191 Å². The molecule has 0 heterocycles. The van der Waals surface area contributed by atoms with Crippen LogP contribution in [0.15, 0.2) is 35.2 Å². The first-order valence-corrected chi connectivity index (χ1v) is 28.6. The van der Waals surface area contributed by atoms with Gasteiger partial charge >= 0.3 is 42.5 Å². The van der Waals surface area contributed by atoms with E-state index in [2.05, 4.69) is 20.7 Å². The van der Waals surface area contributed by atoms with Crippen LogP contribution in [0.25, 0.3) is 0 Å². The molecule has 0 radical (unpaired) electrons. The molecule has 0 atom stereocenters. The maximum Gasteiger partial charge on any atom is 0.421 e. The Bertz CT molecular complexity index is 2160. The van der Waals surface area contributed by atoms with Crippen molar-refractivity contribution in [2.24, 2.45) is 5.73 Å². The third-order valence-electron chi connectivity index (χ3n) is 6.84. The molecule has 7 amide bonds. The van der Waals surface area contributed by atoms with Crippen LogP contribution in [0.2, 0.25) is 0 Å². The van der Waals surface area contributed by atoms with Crippen molar-refractivity contribution in [1.29, 1.82) is 0 Å². The summed E-state index contributed by atoms with van der Waals surface area (Å²) in [5.41, 5.74) is 1.31. The number of imide groups is 1. The van der Waals surface area contributed by atoms with Crippen molar-refractivity contribution in [2.75, 3.05) is 33.7 Å². The van der Waals surface area contributed by atoms with Crippen LogP contribution in [-0.4, -0.2) is 145 Å². The standard InChI is InChI=1S/C11H15NO4S.C9H20N2O2.C8H15NO2.C8H17NO2.C7H10Cl3NO3.C6H12O2.C5H11NO2/c1-11(2,3)16-10(13)12-17(14,15)9-7-5-4-6-8-9;1-9(2,3)13-8(12)10-6-7-11(4)5;1-8(2,3)11-7(10)9-6-4-5-6;1-5-6-9-7(10)11-8(2,3)4;1-6(2,3)14-5(13)11-4(12)7(8,9)10;1-5(7)8-6(2,3)4;1-5(2,3)8-4(6)7/h4-8H,1-3H3,(H,12,13);6-7H2,1-5H3,(H,10,12);6H,4-5H2,1-3H3,(H,9,10);5-6H2,1-4H3,(H,9,10);1-3H3,(H,11,12,13);1-4H3;1-3H3,(H2,6,7). The Morgan fingerprint density at radius 3 is 1.16 bits per heavy atom. The van der Waals surface area contributed by atoms with E-state index in [1.165, 1.54) is 19.1 Å². The molecule has 1 fully saturated rings. The van der Waals surface area contributed by atoms with Crippen molar-refractivity contribution in [3.63, 3.8) is 0 Å². The summed E-state index contributed by atoms with van der Waals surface area (Å²) in [6.07, 6.45) is -0.515.